The van der Waals surface area contributed by atoms with Gasteiger partial charge in [0, 0.05) is 12.6 Å². The molecule has 2 heterocycles. The molecule has 0 spiro atoms. The number of nitrogens with zero attached hydrogens (tertiary/aromatic N) is 2. The molecule has 1 aliphatic rings. The molecule has 1 aromatic carbocycles. The topological polar surface area (TPSA) is 91.7 Å². The second kappa shape index (κ2) is 8.37. The summed E-state index contributed by atoms with van der Waals surface area (Å²) in [6.07, 6.45) is 3.23. The Balaban J connectivity index is 1.48. The molecule has 0 radical (unpaired) electrons. The molecule has 1 unspecified atom stereocenters. The number of benzene rings is 1. The largest absolute Gasteiger partial charge is 0.486 e. The molecule has 1 amide bonds. The number of hydrogen-bond acceptors (Lipinski definition) is 6. The molecule has 26 heavy (non-hydrogen) atoms. The van der Waals surface area contributed by atoms with Gasteiger partial charge in [0.2, 0.25) is 5.91 Å². The third kappa shape index (κ3) is 4.75. The van der Waals surface area contributed by atoms with Gasteiger partial charge in [0.15, 0.2) is 17.6 Å². The maximum absolute atomic E-state index is 11.9. The first kappa shape index (κ1) is 17.8. The molecule has 8 nitrogen and oxygen atoms in total. The fourth-order valence-corrected chi connectivity index (χ4v) is 2.56. The number of aromatic nitrogens is 2. The van der Waals surface area contributed by atoms with E-state index in [1.165, 1.54) is 0 Å². The Morgan fingerprint density at radius 2 is 2.12 bits per heavy atom. The molecular weight excluding hydrogens is 338 g/mol. The number of fused-ring (bicyclic) bond motifs is 1. The van der Waals surface area contributed by atoms with Gasteiger partial charge < -0.3 is 19.5 Å². The Hall–Kier alpha value is -3.03. The molecule has 0 aliphatic carbocycles. The third-order valence-electron chi connectivity index (χ3n) is 3.74. The summed E-state index contributed by atoms with van der Waals surface area (Å²) in [6, 6.07) is 7.51. The predicted molar refractivity (Wildman–Crippen MR) is 93.1 cm³/mol. The minimum absolute atomic E-state index is 0.0560. The summed E-state index contributed by atoms with van der Waals surface area (Å²) >= 11 is 0. The van der Waals surface area contributed by atoms with Gasteiger partial charge in [-0.2, -0.15) is 5.10 Å². The van der Waals surface area contributed by atoms with E-state index < -0.39 is 0 Å². The van der Waals surface area contributed by atoms with Crippen molar-refractivity contribution in [2.24, 2.45) is 0 Å². The zero-order valence-electron chi connectivity index (χ0n) is 14.5. The van der Waals surface area contributed by atoms with Crippen molar-refractivity contribution in [2.45, 2.75) is 32.4 Å². The zero-order valence-corrected chi connectivity index (χ0v) is 14.5. The minimum Gasteiger partial charge on any atom is -0.486 e. The monoisotopic (exact) mass is 359 g/mol. The molecule has 0 bridgehead atoms. The van der Waals surface area contributed by atoms with Crippen molar-refractivity contribution in [1.29, 1.82) is 0 Å². The summed E-state index contributed by atoms with van der Waals surface area (Å²) in [5.41, 5.74) is 0.566. The van der Waals surface area contributed by atoms with E-state index >= 15 is 0 Å². The normalized spacial score (nSPS) is 15.3. The highest BCUT2D eigenvalue weighted by Crippen LogP contribution is 2.31. The highest BCUT2D eigenvalue weighted by atomic mass is 16.6. The molecule has 1 N–H and O–H groups in total. The van der Waals surface area contributed by atoms with E-state index in [-0.39, 0.29) is 30.8 Å². The quantitative estimate of drug-likeness (QED) is 0.761. The molecule has 138 valence electrons. The second-order valence-electron chi connectivity index (χ2n) is 5.80. The SMILES string of the molecule is CCOC(=O)CCC(=O)Nc1cnn(CC2COc3ccccc3O2)c1. The molecule has 0 saturated carbocycles. The van der Waals surface area contributed by atoms with E-state index in [0.29, 0.717) is 31.2 Å². The van der Waals surface area contributed by atoms with E-state index in [0.717, 1.165) is 5.75 Å². The summed E-state index contributed by atoms with van der Waals surface area (Å²) < 4.78 is 18.0. The van der Waals surface area contributed by atoms with Crippen LogP contribution < -0.4 is 14.8 Å². The molecule has 2 aromatic rings. The first-order valence-corrected chi connectivity index (χ1v) is 8.50. The van der Waals surface area contributed by atoms with Crippen LogP contribution in [0.4, 0.5) is 5.69 Å². The van der Waals surface area contributed by atoms with Gasteiger partial charge in [0.05, 0.1) is 31.5 Å². The molecule has 8 heteroatoms. The average Bonchev–Trinajstić information content (AvgIpc) is 3.07. The van der Waals surface area contributed by atoms with E-state index in [1.54, 1.807) is 24.0 Å². The van der Waals surface area contributed by atoms with Gasteiger partial charge in [0.25, 0.3) is 0 Å². The molecule has 1 aromatic heterocycles. The lowest BCUT2D eigenvalue weighted by molar-refractivity contribution is -0.144. The standard InChI is InChI=1S/C18H21N3O5/c1-2-24-18(23)8-7-17(22)20-13-9-19-21(10-13)11-14-12-25-15-5-3-4-6-16(15)26-14/h3-6,9-10,14H,2,7-8,11-12H2,1H3,(H,20,22). The van der Waals surface area contributed by atoms with Gasteiger partial charge in [-0.25, -0.2) is 0 Å². The first-order chi connectivity index (χ1) is 12.6. The van der Waals surface area contributed by atoms with Crippen LogP contribution in [0.5, 0.6) is 11.5 Å². The van der Waals surface area contributed by atoms with Crippen molar-refractivity contribution >= 4 is 17.6 Å². The van der Waals surface area contributed by atoms with Crippen LogP contribution in [0.25, 0.3) is 0 Å². The summed E-state index contributed by atoms with van der Waals surface area (Å²) in [5.74, 6) is 0.805. The lowest BCUT2D eigenvalue weighted by Gasteiger charge is -2.26. The fourth-order valence-electron chi connectivity index (χ4n) is 2.56. The smallest absolute Gasteiger partial charge is 0.306 e. The predicted octanol–water partition coefficient (Wildman–Crippen LogP) is 2.00. The van der Waals surface area contributed by atoms with Crippen molar-refractivity contribution in [3.8, 4) is 11.5 Å². The van der Waals surface area contributed by atoms with Gasteiger partial charge >= 0.3 is 5.97 Å². The van der Waals surface area contributed by atoms with Crippen molar-refractivity contribution in [3.63, 3.8) is 0 Å². The molecular formula is C18H21N3O5. The van der Waals surface area contributed by atoms with Crippen LogP contribution in [0.3, 0.4) is 0 Å². The summed E-state index contributed by atoms with van der Waals surface area (Å²) in [4.78, 5) is 23.1. The van der Waals surface area contributed by atoms with Crippen molar-refractivity contribution < 1.29 is 23.8 Å². The van der Waals surface area contributed by atoms with Crippen LogP contribution in [0.15, 0.2) is 36.7 Å². The van der Waals surface area contributed by atoms with Crippen molar-refractivity contribution in [3.05, 3.63) is 36.7 Å². The van der Waals surface area contributed by atoms with E-state index in [4.69, 9.17) is 14.2 Å². The molecule has 3 rings (SSSR count). The molecule has 0 saturated heterocycles. The highest BCUT2D eigenvalue weighted by Gasteiger charge is 2.21. The van der Waals surface area contributed by atoms with Gasteiger partial charge in [-0.15, -0.1) is 0 Å². The maximum Gasteiger partial charge on any atom is 0.306 e. The van der Waals surface area contributed by atoms with Crippen LogP contribution >= 0.6 is 0 Å². The Morgan fingerprint density at radius 1 is 1.31 bits per heavy atom. The minimum atomic E-state index is -0.381. The number of carbonyl (C=O) groups is 2. The van der Waals surface area contributed by atoms with E-state index in [1.807, 2.05) is 24.3 Å². The number of ether oxygens (including phenoxy) is 3. The first-order valence-electron chi connectivity index (χ1n) is 8.50. The summed E-state index contributed by atoms with van der Waals surface area (Å²) in [6.45, 7) is 2.96. The van der Waals surface area contributed by atoms with Crippen LogP contribution in [0.2, 0.25) is 0 Å². The number of anilines is 1. The number of carbonyl (C=O) groups excluding carboxylic acids is 2. The van der Waals surface area contributed by atoms with E-state index in [2.05, 4.69) is 10.4 Å². The number of para-hydroxylation sites is 2. The zero-order chi connectivity index (χ0) is 18.4. The van der Waals surface area contributed by atoms with Crippen molar-refractivity contribution in [1.82, 2.24) is 9.78 Å². The second-order valence-corrected chi connectivity index (χ2v) is 5.80. The highest BCUT2D eigenvalue weighted by molar-refractivity contribution is 5.92. The van der Waals surface area contributed by atoms with Crippen LogP contribution in [0, 0.1) is 0 Å². The Kier molecular flexibility index (Phi) is 5.73. The number of hydrogen-bond donors (Lipinski definition) is 1. The van der Waals surface area contributed by atoms with Gasteiger partial charge in [-0.1, -0.05) is 12.1 Å². The average molecular weight is 359 g/mol. The molecule has 1 atom stereocenters. The van der Waals surface area contributed by atoms with Crippen molar-refractivity contribution in [2.75, 3.05) is 18.5 Å². The number of esters is 1. The molecule has 1 aliphatic heterocycles. The van der Waals surface area contributed by atoms with Crippen LogP contribution in [-0.2, 0) is 20.9 Å². The third-order valence-corrected chi connectivity index (χ3v) is 3.74. The lowest BCUT2D eigenvalue weighted by Crippen LogP contribution is -2.33. The Bertz CT molecular complexity index is 774. The van der Waals surface area contributed by atoms with E-state index in [9.17, 15) is 9.59 Å². The fraction of sp³-hybridized carbons (Fsp3) is 0.389. The molecule has 0 fully saturated rings. The van der Waals surface area contributed by atoms with Gasteiger partial charge in [-0.05, 0) is 19.1 Å². The summed E-state index contributed by atoms with van der Waals surface area (Å²) in [7, 11) is 0. The Labute approximate surface area is 151 Å². The van der Waals surface area contributed by atoms with Gasteiger partial charge in [-0.3, -0.25) is 14.3 Å². The number of nitrogens with one attached hydrogen (secondary N) is 1. The van der Waals surface area contributed by atoms with Gasteiger partial charge in [0.1, 0.15) is 6.61 Å². The number of rotatable bonds is 7. The summed E-state index contributed by atoms with van der Waals surface area (Å²) in [5, 5.41) is 6.93. The van der Waals surface area contributed by atoms with Crippen LogP contribution in [-0.4, -0.2) is 41.0 Å². The maximum atomic E-state index is 11.9. The Morgan fingerprint density at radius 3 is 2.92 bits per heavy atom. The lowest BCUT2D eigenvalue weighted by atomic mass is 10.2. The number of amides is 1. The van der Waals surface area contributed by atoms with Crippen LogP contribution in [0.1, 0.15) is 19.8 Å².